The van der Waals surface area contributed by atoms with Gasteiger partial charge < -0.3 is 4.74 Å². The van der Waals surface area contributed by atoms with E-state index in [4.69, 9.17) is 11.3 Å². The molecule has 170 valence electrons. The molecular formula is C26H24N6OS. The molecule has 4 rings (SSSR count). The van der Waals surface area contributed by atoms with Crippen molar-refractivity contribution in [2.24, 2.45) is 20.5 Å². The van der Waals surface area contributed by atoms with E-state index in [0.717, 1.165) is 40.4 Å². The van der Waals surface area contributed by atoms with Crippen LogP contribution >= 0.6 is 11.3 Å². The van der Waals surface area contributed by atoms with Gasteiger partial charge in [-0.2, -0.15) is 10.2 Å². The summed E-state index contributed by atoms with van der Waals surface area (Å²) in [6, 6.07) is 20.4. The van der Waals surface area contributed by atoms with Gasteiger partial charge in [-0.1, -0.05) is 43.6 Å². The number of hydrogen-bond acceptors (Lipinski definition) is 7. The molecule has 8 heteroatoms. The van der Waals surface area contributed by atoms with E-state index in [9.17, 15) is 0 Å². The maximum Gasteiger partial charge on any atom is 0.231 e. The average molecular weight is 469 g/mol. The smallest absolute Gasteiger partial charge is 0.231 e. The van der Waals surface area contributed by atoms with E-state index in [1.54, 1.807) is 6.07 Å². The third kappa shape index (κ3) is 6.53. The molecule has 0 spiro atoms. The van der Waals surface area contributed by atoms with Crippen molar-refractivity contribution in [3.05, 3.63) is 78.1 Å². The van der Waals surface area contributed by atoms with Crippen LogP contribution in [0.25, 0.3) is 15.1 Å². The van der Waals surface area contributed by atoms with E-state index in [-0.39, 0.29) is 0 Å². The number of aromatic nitrogens is 1. The highest BCUT2D eigenvalue weighted by atomic mass is 32.1. The van der Waals surface area contributed by atoms with Gasteiger partial charge in [0.2, 0.25) is 5.13 Å². The van der Waals surface area contributed by atoms with Crippen LogP contribution < -0.4 is 4.74 Å². The fourth-order valence-corrected chi connectivity index (χ4v) is 3.96. The minimum absolute atomic E-state index is 0.550. The molecule has 0 unspecified atom stereocenters. The highest BCUT2D eigenvalue weighted by Gasteiger charge is 2.04. The summed E-state index contributed by atoms with van der Waals surface area (Å²) in [4.78, 5) is 7.87. The quantitative estimate of drug-likeness (QED) is 0.132. The maximum atomic E-state index is 7.11. The molecule has 34 heavy (non-hydrogen) atoms. The van der Waals surface area contributed by atoms with E-state index >= 15 is 0 Å². The molecule has 3 aromatic carbocycles. The molecule has 0 radical (unpaired) electrons. The van der Waals surface area contributed by atoms with E-state index in [2.05, 4.69) is 37.2 Å². The Morgan fingerprint density at radius 3 is 2.12 bits per heavy atom. The van der Waals surface area contributed by atoms with Gasteiger partial charge in [-0.25, -0.2) is 9.83 Å². The summed E-state index contributed by atoms with van der Waals surface area (Å²) < 4.78 is 6.68. The number of rotatable bonds is 10. The Labute approximate surface area is 202 Å². The molecule has 0 aliphatic rings. The zero-order chi connectivity index (χ0) is 23.6. The second-order valence-corrected chi connectivity index (χ2v) is 8.59. The lowest BCUT2D eigenvalue weighted by Crippen LogP contribution is -1.96. The van der Waals surface area contributed by atoms with Gasteiger partial charge in [-0.3, -0.25) is 0 Å². The summed E-state index contributed by atoms with van der Waals surface area (Å²) in [6.45, 7) is 10.1. The zero-order valence-corrected chi connectivity index (χ0v) is 19.7. The molecule has 7 nitrogen and oxygen atoms in total. The van der Waals surface area contributed by atoms with Crippen molar-refractivity contribution >= 4 is 49.4 Å². The summed E-state index contributed by atoms with van der Waals surface area (Å²) in [7, 11) is 0. The monoisotopic (exact) mass is 468 g/mol. The summed E-state index contributed by atoms with van der Waals surface area (Å²) in [5.74, 6) is 0.852. The number of benzene rings is 3. The number of fused-ring (bicyclic) bond motifs is 1. The van der Waals surface area contributed by atoms with Gasteiger partial charge in [0.25, 0.3) is 0 Å². The van der Waals surface area contributed by atoms with Crippen molar-refractivity contribution in [1.82, 2.24) is 4.98 Å². The normalized spacial score (nSPS) is 11.4. The Balaban J connectivity index is 1.31. The molecular weight excluding hydrogens is 444 g/mol. The van der Waals surface area contributed by atoms with Crippen LogP contribution in [0.4, 0.5) is 27.9 Å². The van der Waals surface area contributed by atoms with Crippen LogP contribution in [0.2, 0.25) is 0 Å². The van der Waals surface area contributed by atoms with E-state index in [1.807, 2.05) is 60.7 Å². The molecule has 0 fully saturated rings. The van der Waals surface area contributed by atoms with Crippen LogP contribution in [0.15, 0.2) is 87.2 Å². The topological polar surface area (TPSA) is 75.9 Å². The lowest BCUT2D eigenvalue weighted by Gasteiger charge is -2.05. The standard InChI is InChI=1S/C26H24N6OS/c1-3-4-5-6-17-33-23-14-11-21(12-15-23)30-29-19-7-9-20(10-8-19)31-32-26-28-24-16-13-22(27-2)18-25(24)34-26/h7-16,18H,3-6,17H2,1H3. The summed E-state index contributed by atoms with van der Waals surface area (Å²) in [6.07, 6.45) is 4.76. The molecule has 0 N–H and O–H groups in total. The molecule has 4 aromatic rings. The number of azo groups is 2. The number of unbranched alkanes of at least 4 members (excludes halogenated alkanes) is 3. The third-order valence-corrected chi connectivity index (χ3v) is 5.88. The molecule has 1 aromatic heterocycles. The van der Waals surface area contributed by atoms with Gasteiger partial charge in [0.05, 0.1) is 35.8 Å². The molecule has 0 aliphatic heterocycles. The number of nitrogens with zero attached hydrogens (tertiary/aromatic N) is 6. The van der Waals surface area contributed by atoms with Crippen molar-refractivity contribution in [2.75, 3.05) is 6.61 Å². The van der Waals surface area contributed by atoms with Crippen LogP contribution in [0.3, 0.4) is 0 Å². The molecule has 1 heterocycles. The van der Waals surface area contributed by atoms with E-state index in [1.165, 1.54) is 30.6 Å². The van der Waals surface area contributed by atoms with Crippen molar-refractivity contribution in [3.8, 4) is 5.75 Å². The van der Waals surface area contributed by atoms with Gasteiger partial charge in [0.15, 0.2) is 5.69 Å². The molecule has 0 amide bonds. The molecule has 0 atom stereocenters. The largest absolute Gasteiger partial charge is 0.494 e. The fraction of sp³-hybridized carbons (Fsp3) is 0.231. The van der Waals surface area contributed by atoms with Crippen LogP contribution in [0.5, 0.6) is 5.75 Å². The van der Waals surface area contributed by atoms with Gasteiger partial charge in [-0.15, -0.1) is 10.2 Å². The van der Waals surface area contributed by atoms with Crippen LogP contribution in [0.1, 0.15) is 32.6 Å². The predicted octanol–water partition coefficient (Wildman–Crippen LogP) is 9.64. The first-order valence-corrected chi connectivity index (χ1v) is 12.0. The summed E-state index contributed by atoms with van der Waals surface area (Å²) >= 11 is 1.41. The number of hydrogen-bond donors (Lipinski definition) is 0. The lowest BCUT2D eigenvalue weighted by molar-refractivity contribution is 0.305. The first-order valence-electron chi connectivity index (χ1n) is 11.2. The molecule has 0 aliphatic carbocycles. The minimum Gasteiger partial charge on any atom is -0.494 e. The van der Waals surface area contributed by atoms with Crippen LogP contribution in [-0.2, 0) is 0 Å². The second kappa shape index (κ2) is 11.8. The van der Waals surface area contributed by atoms with Gasteiger partial charge in [0.1, 0.15) is 5.75 Å². The molecule has 0 bridgehead atoms. The van der Waals surface area contributed by atoms with Crippen LogP contribution in [-0.4, -0.2) is 11.6 Å². The molecule has 0 saturated heterocycles. The maximum absolute atomic E-state index is 7.11. The Bertz CT molecular complexity index is 1320. The van der Waals surface area contributed by atoms with Crippen molar-refractivity contribution in [2.45, 2.75) is 32.6 Å². The van der Waals surface area contributed by atoms with Gasteiger partial charge in [-0.05, 0) is 67.1 Å². The number of thiazole rings is 1. The first-order chi connectivity index (χ1) is 16.7. The van der Waals surface area contributed by atoms with Crippen molar-refractivity contribution < 1.29 is 4.74 Å². The SMILES string of the molecule is [C-]#[N+]c1ccc2nc(N=Nc3ccc(N=Nc4ccc(OCCCCCC)cc4)cc3)sc2c1. The van der Waals surface area contributed by atoms with E-state index < -0.39 is 0 Å². The number of ether oxygens (including phenoxy) is 1. The minimum atomic E-state index is 0.550. The highest BCUT2D eigenvalue weighted by Crippen LogP contribution is 2.32. The Kier molecular flexibility index (Phi) is 8.04. The third-order valence-electron chi connectivity index (χ3n) is 4.97. The second-order valence-electron chi connectivity index (χ2n) is 7.58. The zero-order valence-electron chi connectivity index (χ0n) is 18.9. The first kappa shape index (κ1) is 23.2. The van der Waals surface area contributed by atoms with Crippen molar-refractivity contribution in [1.29, 1.82) is 0 Å². The van der Waals surface area contributed by atoms with Crippen molar-refractivity contribution in [3.63, 3.8) is 0 Å². The summed E-state index contributed by atoms with van der Waals surface area (Å²) in [5, 5.41) is 17.6. The Hall–Kier alpha value is -3.96. The average Bonchev–Trinajstić information content (AvgIpc) is 3.29. The van der Waals surface area contributed by atoms with Crippen LogP contribution in [0, 0.1) is 6.57 Å². The van der Waals surface area contributed by atoms with Gasteiger partial charge in [0, 0.05) is 4.70 Å². The van der Waals surface area contributed by atoms with Gasteiger partial charge >= 0.3 is 0 Å². The Morgan fingerprint density at radius 2 is 1.47 bits per heavy atom. The highest BCUT2D eigenvalue weighted by molar-refractivity contribution is 7.21. The lowest BCUT2D eigenvalue weighted by atomic mass is 10.2. The Morgan fingerprint density at radius 1 is 0.824 bits per heavy atom. The predicted molar refractivity (Wildman–Crippen MR) is 137 cm³/mol. The summed E-state index contributed by atoms with van der Waals surface area (Å²) in [5.41, 5.74) is 3.59. The molecule has 0 saturated carbocycles. The van der Waals surface area contributed by atoms with E-state index in [0.29, 0.717) is 16.5 Å². The fourth-order valence-electron chi connectivity index (χ4n) is 3.14.